The largest absolute Gasteiger partial charge is 0.466 e. The predicted molar refractivity (Wildman–Crippen MR) is 99.1 cm³/mol. The van der Waals surface area contributed by atoms with Gasteiger partial charge in [0.05, 0.1) is 25.6 Å². The third kappa shape index (κ3) is 3.90. The Balaban J connectivity index is 2.62. The van der Waals surface area contributed by atoms with Crippen molar-refractivity contribution in [3.8, 4) is 0 Å². The van der Waals surface area contributed by atoms with Gasteiger partial charge in [-0.25, -0.2) is 0 Å². The van der Waals surface area contributed by atoms with Crippen molar-refractivity contribution in [2.24, 2.45) is 11.3 Å². The van der Waals surface area contributed by atoms with E-state index >= 15 is 0 Å². The number of rotatable bonds is 8. The van der Waals surface area contributed by atoms with Crippen LogP contribution in [0.4, 0.5) is 0 Å². The van der Waals surface area contributed by atoms with Crippen LogP contribution in [0.2, 0.25) is 0 Å². The van der Waals surface area contributed by atoms with Crippen LogP contribution in [-0.4, -0.2) is 41.9 Å². The molecule has 152 valence electrons. The molecule has 0 spiro atoms. The highest BCUT2D eigenvalue weighted by atomic mass is 16.6. The van der Waals surface area contributed by atoms with E-state index in [0.29, 0.717) is 5.56 Å². The van der Waals surface area contributed by atoms with E-state index in [0.717, 1.165) is 0 Å². The Hall–Kier alpha value is -2.77. The molecule has 0 N–H and O–H groups in total. The summed E-state index contributed by atoms with van der Waals surface area (Å²) in [4.78, 5) is 49.3. The Morgan fingerprint density at radius 2 is 1.75 bits per heavy atom. The molecule has 1 aromatic rings. The fourth-order valence-corrected chi connectivity index (χ4v) is 4.26. The molecule has 1 saturated carbocycles. The van der Waals surface area contributed by atoms with Crippen LogP contribution in [0.25, 0.3) is 0 Å². The third-order valence-corrected chi connectivity index (χ3v) is 5.34. The number of ether oxygens (including phenoxy) is 2. The van der Waals surface area contributed by atoms with E-state index in [2.05, 4.69) is 0 Å². The van der Waals surface area contributed by atoms with Crippen LogP contribution in [0.3, 0.4) is 0 Å². The molecule has 2 rings (SSSR count). The second-order valence-electron chi connectivity index (χ2n) is 6.89. The maximum atomic E-state index is 12.9. The SMILES string of the molecule is CCOC(=O)C[C@@H]1C[C@@](C(C)=O)(C(=O)OCC)[C@@H](c2ccccc2)[C@@H]1[N+](=O)[O-]. The molecule has 1 aliphatic carbocycles. The van der Waals surface area contributed by atoms with Crippen molar-refractivity contribution >= 4 is 17.7 Å². The normalized spacial score (nSPS) is 26.5. The molecule has 1 fully saturated rings. The summed E-state index contributed by atoms with van der Waals surface area (Å²) in [7, 11) is 0. The van der Waals surface area contributed by atoms with Crippen molar-refractivity contribution in [2.45, 2.75) is 45.6 Å². The van der Waals surface area contributed by atoms with Gasteiger partial charge in [-0.2, -0.15) is 0 Å². The van der Waals surface area contributed by atoms with Crippen LogP contribution >= 0.6 is 0 Å². The zero-order chi connectivity index (χ0) is 20.9. The number of esters is 2. The van der Waals surface area contributed by atoms with Gasteiger partial charge >= 0.3 is 11.9 Å². The lowest BCUT2D eigenvalue weighted by Crippen LogP contribution is -2.44. The second-order valence-corrected chi connectivity index (χ2v) is 6.89. The number of benzene rings is 1. The zero-order valence-electron chi connectivity index (χ0n) is 16.3. The van der Waals surface area contributed by atoms with Crippen LogP contribution in [0.5, 0.6) is 0 Å². The third-order valence-electron chi connectivity index (χ3n) is 5.34. The van der Waals surface area contributed by atoms with E-state index in [-0.39, 0.29) is 26.1 Å². The van der Waals surface area contributed by atoms with Gasteiger partial charge in [-0.1, -0.05) is 30.3 Å². The van der Waals surface area contributed by atoms with Crippen molar-refractivity contribution in [3.05, 3.63) is 46.0 Å². The van der Waals surface area contributed by atoms with Gasteiger partial charge in [0.2, 0.25) is 6.04 Å². The first kappa shape index (κ1) is 21.5. The van der Waals surface area contributed by atoms with Gasteiger partial charge in [-0.3, -0.25) is 24.5 Å². The smallest absolute Gasteiger partial charge is 0.320 e. The number of ketones is 1. The molecule has 8 heteroatoms. The van der Waals surface area contributed by atoms with Crippen molar-refractivity contribution in [3.63, 3.8) is 0 Å². The molecule has 1 aromatic carbocycles. The van der Waals surface area contributed by atoms with Gasteiger partial charge in [0.15, 0.2) is 0 Å². The Morgan fingerprint density at radius 3 is 2.25 bits per heavy atom. The minimum Gasteiger partial charge on any atom is -0.466 e. The topological polar surface area (TPSA) is 113 Å². The van der Waals surface area contributed by atoms with Gasteiger partial charge in [0, 0.05) is 10.8 Å². The molecule has 1 aliphatic rings. The van der Waals surface area contributed by atoms with Crippen molar-refractivity contribution in [1.29, 1.82) is 0 Å². The lowest BCUT2D eigenvalue weighted by atomic mass is 9.70. The molecule has 0 unspecified atom stereocenters. The van der Waals surface area contributed by atoms with Crippen molar-refractivity contribution in [2.75, 3.05) is 13.2 Å². The number of hydrogen-bond donors (Lipinski definition) is 0. The van der Waals surface area contributed by atoms with E-state index < -0.39 is 45.9 Å². The Morgan fingerprint density at radius 1 is 1.14 bits per heavy atom. The summed E-state index contributed by atoms with van der Waals surface area (Å²) in [5.74, 6) is -3.73. The minimum atomic E-state index is -1.72. The number of nitro groups is 1. The van der Waals surface area contributed by atoms with Crippen LogP contribution in [0.15, 0.2) is 30.3 Å². The number of nitrogens with zero attached hydrogens (tertiary/aromatic N) is 1. The number of carbonyl (C=O) groups is 3. The van der Waals surface area contributed by atoms with Crippen LogP contribution in [0, 0.1) is 21.4 Å². The molecular weight excluding hydrogens is 366 g/mol. The molecule has 0 bridgehead atoms. The molecule has 0 saturated heterocycles. The summed E-state index contributed by atoms with van der Waals surface area (Å²) in [6.07, 6.45) is -0.373. The van der Waals surface area contributed by atoms with Crippen LogP contribution in [-0.2, 0) is 23.9 Å². The van der Waals surface area contributed by atoms with Crippen LogP contribution < -0.4 is 0 Å². The quantitative estimate of drug-likeness (QED) is 0.290. The monoisotopic (exact) mass is 391 g/mol. The zero-order valence-corrected chi connectivity index (χ0v) is 16.3. The van der Waals surface area contributed by atoms with E-state index in [1.165, 1.54) is 6.92 Å². The maximum absolute atomic E-state index is 12.9. The van der Waals surface area contributed by atoms with E-state index in [4.69, 9.17) is 9.47 Å². The highest BCUT2D eigenvalue weighted by Crippen LogP contribution is 2.55. The number of hydrogen-bond acceptors (Lipinski definition) is 7. The Kier molecular flexibility index (Phi) is 6.88. The van der Waals surface area contributed by atoms with Crippen LogP contribution in [0.1, 0.15) is 45.1 Å². The van der Waals surface area contributed by atoms with Gasteiger partial charge in [0.25, 0.3) is 0 Å². The van der Waals surface area contributed by atoms with Crippen molar-refractivity contribution in [1.82, 2.24) is 0 Å². The van der Waals surface area contributed by atoms with E-state index in [9.17, 15) is 24.5 Å². The van der Waals surface area contributed by atoms with Gasteiger partial charge < -0.3 is 9.47 Å². The first-order valence-electron chi connectivity index (χ1n) is 9.31. The summed E-state index contributed by atoms with van der Waals surface area (Å²) >= 11 is 0. The Bertz CT molecular complexity index is 748. The number of Topliss-reactive ketones (excluding diaryl/α,β-unsaturated/α-hetero) is 1. The first-order chi connectivity index (χ1) is 13.3. The number of carbonyl (C=O) groups excluding carboxylic acids is 3. The highest BCUT2D eigenvalue weighted by Gasteiger charge is 2.66. The molecule has 8 nitrogen and oxygen atoms in total. The van der Waals surface area contributed by atoms with E-state index in [1.807, 2.05) is 0 Å². The molecule has 0 aliphatic heterocycles. The predicted octanol–water partition coefficient (Wildman–Crippen LogP) is 2.53. The standard InChI is InChI=1S/C20H25NO7/c1-4-27-16(23)11-15-12-20(13(3)22,19(24)28-5-2)17(18(15)21(25)26)14-9-7-6-8-10-14/h6-10,15,17-18H,4-5,11-12H2,1-3H3/t15-,17+,18-,20+/m1/s1. The molecule has 0 radical (unpaired) electrons. The summed E-state index contributed by atoms with van der Waals surface area (Å²) in [5.41, 5.74) is -1.22. The molecule has 4 atom stereocenters. The highest BCUT2D eigenvalue weighted by molar-refractivity contribution is 6.04. The summed E-state index contributed by atoms with van der Waals surface area (Å²) in [6, 6.07) is 7.16. The second kappa shape index (κ2) is 8.95. The average Bonchev–Trinajstić information content (AvgIpc) is 2.99. The van der Waals surface area contributed by atoms with E-state index in [1.54, 1.807) is 44.2 Å². The molecule has 0 aromatic heterocycles. The lowest BCUT2D eigenvalue weighted by Gasteiger charge is -2.30. The molecule has 0 heterocycles. The fraction of sp³-hybridized carbons (Fsp3) is 0.550. The molecule has 0 amide bonds. The van der Waals surface area contributed by atoms with Gasteiger partial charge in [-0.05, 0) is 32.8 Å². The summed E-state index contributed by atoms with van der Waals surface area (Å²) in [6.45, 7) is 4.69. The lowest BCUT2D eigenvalue weighted by molar-refractivity contribution is -0.532. The minimum absolute atomic E-state index is 0.0427. The fourth-order valence-electron chi connectivity index (χ4n) is 4.26. The van der Waals surface area contributed by atoms with Gasteiger partial charge in [-0.15, -0.1) is 0 Å². The molecular formula is C20H25NO7. The summed E-state index contributed by atoms with van der Waals surface area (Å²) in [5, 5.41) is 12.0. The average molecular weight is 391 g/mol. The van der Waals surface area contributed by atoms with Crippen molar-refractivity contribution < 1.29 is 28.8 Å². The van der Waals surface area contributed by atoms with Gasteiger partial charge in [0.1, 0.15) is 11.2 Å². The first-order valence-corrected chi connectivity index (χ1v) is 9.31. The maximum Gasteiger partial charge on any atom is 0.320 e. The molecule has 28 heavy (non-hydrogen) atoms. The Labute approximate surface area is 163 Å². The summed E-state index contributed by atoms with van der Waals surface area (Å²) < 4.78 is 10.1.